The lowest BCUT2D eigenvalue weighted by Gasteiger charge is -2.38. The van der Waals surface area contributed by atoms with Crippen LogP contribution in [-0.4, -0.2) is 41.6 Å². The van der Waals surface area contributed by atoms with E-state index < -0.39 is 11.4 Å². The standard InChI is InChI=1S/C15H26N2O3/c1-3-15(13(18)19)6-8-17(9-7-15)14(20)16-10-11(2)12-4-5-12/h11-12H,3-10H2,1-2H3,(H,16,20)(H,18,19). The molecule has 0 radical (unpaired) electrons. The van der Waals surface area contributed by atoms with Crippen LogP contribution in [0.3, 0.4) is 0 Å². The van der Waals surface area contributed by atoms with Crippen molar-refractivity contribution in [3.05, 3.63) is 0 Å². The normalized spacial score (nSPS) is 23.2. The van der Waals surface area contributed by atoms with Gasteiger partial charge >= 0.3 is 12.0 Å². The van der Waals surface area contributed by atoms with Gasteiger partial charge in [0.1, 0.15) is 0 Å². The lowest BCUT2D eigenvalue weighted by Crippen LogP contribution is -2.50. The third-order valence-electron chi connectivity index (χ3n) is 5.14. The molecule has 0 aromatic rings. The van der Waals surface area contributed by atoms with Gasteiger partial charge in [0, 0.05) is 19.6 Å². The van der Waals surface area contributed by atoms with Crippen molar-refractivity contribution in [2.24, 2.45) is 17.3 Å². The number of nitrogens with zero attached hydrogens (tertiary/aromatic N) is 1. The molecule has 1 unspecified atom stereocenters. The molecule has 1 atom stereocenters. The summed E-state index contributed by atoms with van der Waals surface area (Å²) < 4.78 is 0. The molecule has 0 spiro atoms. The summed E-state index contributed by atoms with van der Waals surface area (Å²) in [4.78, 5) is 25.2. The highest BCUT2D eigenvalue weighted by Crippen LogP contribution is 2.36. The van der Waals surface area contributed by atoms with E-state index in [1.165, 1.54) is 12.8 Å². The molecule has 1 saturated heterocycles. The van der Waals surface area contributed by atoms with Gasteiger partial charge in [-0.1, -0.05) is 13.8 Å². The first-order valence-electron chi connectivity index (χ1n) is 7.74. The molecule has 2 fully saturated rings. The second kappa shape index (κ2) is 6.02. The Kier molecular flexibility index (Phi) is 4.55. The lowest BCUT2D eigenvalue weighted by molar-refractivity contribution is -0.151. The van der Waals surface area contributed by atoms with E-state index in [9.17, 15) is 14.7 Å². The topological polar surface area (TPSA) is 69.6 Å². The Morgan fingerprint density at radius 3 is 2.40 bits per heavy atom. The minimum absolute atomic E-state index is 0.0346. The first-order valence-corrected chi connectivity index (χ1v) is 7.74. The van der Waals surface area contributed by atoms with Crippen molar-refractivity contribution < 1.29 is 14.7 Å². The molecule has 5 heteroatoms. The maximum atomic E-state index is 12.1. The molecule has 2 rings (SSSR count). The molecule has 0 bridgehead atoms. The predicted octanol–water partition coefficient (Wildman–Crippen LogP) is 2.32. The molecule has 2 N–H and O–H groups in total. The fourth-order valence-electron chi connectivity index (χ4n) is 3.05. The van der Waals surface area contributed by atoms with Crippen molar-refractivity contribution in [2.45, 2.75) is 46.0 Å². The van der Waals surface area contributed by atoms with Crippen LogP contribution in [0.2, 0.25) is 0 Å². The van der Waals surface area contributed by atoms with Crippen LogP contribution in [0, 0.1) is 17.3 Å². The highest BCUT2D eigenvalue weighted by molar-refractivity contribution is 5.77. The predicted molar refractivity (Wildman–Crippen MR) is 76.5 cm³/mol. The van der Waals surface area contributed by atoms with E-state index in [-0.39, 0.29) is 6.03 Å². The van der Waals surface area contributed by atoms with E-state index in [2.05, 4.69) is 12.2 Å². The number of piperidine rings is 1. The number of hydrogen-bond donors (Lipinski definition) is 2. The molecule has 1 aliphatic carbocycles. The summed E-state index contributed by atoms with van der Waals surface area (Å²) >= 11 is 0. The summed E-state index contributed by atoms with van der Waals surface area (Å²) in [6.45, 7) is 5.92. The molecule has 1 aliphatic heterocycles. The van der Waals surface area contributed by atoms with Gasteiger partial charge in [0.15, 0.2) is 0 Å². The molecular weight excluding hydrogens is 256 g/mol. The van der Waals surface area contributed by atoms with Crippen molar-refractivity contribution in [1.82, 2.24) is 10.2 Å². The largest absolute Gasteiger partial charge is 0.481 e. The van der Waals surface area contributed by atoms with Crippen LogP contribution in [0.25, 0.3) is 0 Å². The van der Waals surface area contributed by atoms with Crippen LogP contribution in [0.15, 0.2) is 0 Å². The molecule has 1 heterocycles. The van der Waals surface area contributed by atoms with Gasteiger partial charge in [-0.05, 0) is 43.9 Å². The van der Waals surface area contributed by atoms with E-state index in [0.717, 1.165) is 12.5 Å². The maximum Gasteiger partial charge on any atom is 0.317 e. The summed E-state index contributed by atoms with van der Waals surface area (Å²) in [5.41, 5.74) is -0.627. The molecule has 2 amide bonds. The van der Waals surface area contributed by atoms with E-state index in [1.807, 2.05) is 6.92 Å². The number of carboxylic acids is 1. The fraction of sp³-hybridized carbons (Fsp3) is 0.867. The van der Waals surface area contributed by atoms with E-state index in [1.54, 1.807) is 4.90 Å². The SMILES string of the molecule is CCC1(C(=O)O)CCN(C(=O)NCC(C)C2CC2)CC1. The zero-order chi connectivity index (χ0) is 14.8. The minimum atomic E-state index is -0.720. The number of hydrogen-bond acceptors (Lipinski definition) is 2. The third-order valence-corrected chi connectivity index (χ3v) is 5.14. The number of amides is 2. The van der Waals surface area contributed by atoms with Crippen LogP contribution in [-0.2, 0) is 4.79 Å². The van der Waals surface area contributed by atoms with Crippen molar-refractivity contribution in [3.63, 3.8) is 0 Å². The Morgan fingerprint density at radius 1 is 1.35 bits per heavy atom. The van der Waals surface area contributed by atoms with Crippen LogP contribution >= 0.6 is 0 Å². The average Bonchev–Trinajstić information content (AvgIpc) is 3.28. The van der Waals surface area contributed by atoms with Crippen LogP contribution in [0.5, 0.6) is 0 Å². The quantitative estimate of drug-likeness (QED) is 0.813. The third kappa shape index (κ3) is 3.25. The van der Waals surface area contributed by atoms with Crippen LogP contribution in [0.1, 0.15) is 46.0 Å². The van der Waals surface area contributed by atoms with E-state index in [0.29, 0.717) is 38.3 Å². The Bertz CT molecular complexity index is 371. The fourth-order valence-corrected chi connectivity index (χ4v) is 3.05. The summed E-state index contributed by atoms with van der Waals surface area (Å²) in [7, 11) is 0. The Morgan fingerprint density at radius 2 is 1.95 bits per heavy atom. The van der Waals surface area contributed by atoms with Gasteiger partial charge in [-0.15, -0.1) is 0 Å². The molecule has 1 saturated carbocycles. The smallest absolute Gasteiger partial charge is 0.317 e. The number of carbonyl (C=O) groups is 2. The molecule has 5 nitrogen and oxygen atoms in total. The Balaban J connectivity index is 1.77. The van der Waals surface area contributed by atoms with E-state index in [4.69, 9.17) is 0 Å². The van der Waals surface area contributed by atoms with Gasteiger partial charge in [-0.25, -0.2) is 4.79 Å². The zero-order valence-electron chi connectivity index (χ0n) is 12.5. The lowest BCUT2D eigenvalue weighted by atomic mass is 9.76. The van der Waals surface area contributed by atoms with Crippen LogP contribution in [0.4, 0.5) is 4.79 Å². The molecule has 20 heavy (non-hydrogen) atoms. The summed E-state index contributed by atoms with van der Waals surface area (Å²) in [6, 6.07) is -0.0346. The monoisotopic (exact) mass is 282 g/mol. The van der Waals surface area contributed by atoms with E-state index >= 15 is 0 Å². The van der Waals surface area contributed by atoms with Gasteiger partial charge in [0.2, 0.25) is 0 Å². The number of aliphatic carboxylic acids is 1. The van der Waals surface area contributed by atoms with Crippen molar-refractivity contribution in [1.29, 1.82) is 0 Å². The number of carboxylic acid groups (broad SMARTS) is 1. The maximum absolute atomic E-state index is 12.1. The second-order valence-corrected chi connectivity index (χ2v) is 6.43. The highest BCUT2D eigenvalue weighted by Gasteiger charge is 2.40. The molecule has 0 aromatic heterocycles. The van der Waals surface area contributed by atoms with Crippen molar-refractivity contribution >= 4 is 12.0 Å². The second-order valence-electron chi connectivity index (χ2n) is 6.43. The van der Waals surface area contributed by atoms with Gasteiger partial charge in [-0.2, -0.15) is 0 Å². The van der Waals surface area contributed by atoms with Crippen molar-refractivity contribution in [2.75, 3.05) is 19.6 Å². The first kappa shape index (κ1) is 15.1. The van der Waals surface area contributed by atoms with Gasteiger partial charge in [0.05, 0.1) is 5.41 Å². The molecular formula is C15H26N2O3. The van der Waals surface area contributed by atoms with Gasteiger partial charge < -0.3 is 15.3 Å². The first-order chi connectivity index (χ1) is 9.48. The number of rotatable bonds is 5. The average molecular weight is 282 g/mol. The Hall–Kier alpha value is -1.26. The van der Waals surface area contributed by atoms with Crippen LogP contribution < -0.4 is 5.32 Å². The Labute approximate surface area is 120 Å². The highest BCUT2D eigenvalue weighted by atomic mass is 16.4. The van der Waals surface area contributed by atoms with Crippen molar-refractivity contribution in [3.8, 4) is 0 Å². The molecule has 114 valence electrons. The van der Waals surface area contributed by atoms with Gasteiger partial charge in [-0.3, -0.25) is 4.79 Å². The summed E-state index contributed by atoms with van der Waals surface area (Å²) in [5.74, 6) is 0.622. The zero-order valence-corrected chi connectivity index (χ0v) is 12.5. The number of nitrogens with one attached hydrogen (secondary N) is 1. The number of likely N-dealkylation sites (tertiary alicyclic amines) is 1. The summed E-state index contributed by atoms with van der Waals surface area (Å²) in [5, 5.41) is 12.3. The summed E-state index contributed by atoms with van der Waals surface area (Å²) in [6.07, 6.45) is 4.34. The minimum Gasteiger partial charge on any atom is -0.481 e. The molecule has 2 aliphatic rings. The number of urea groups is 1. The number of carbonyl (C=O) groups excluding carboxylic acids is 1. The van der Waals surface area contributed by atoms with Gasteiger partial charge in [0.25, 0.3) is 0 Å². The molecule has 0 aromatic carbocycles.